The minimum atomic E-state index is -0.410. The summed E-state index contributed by atoms with van der Waals surface area (Å²) < 4.78 is 13.5. The van der Waals surface area contributed by atoms with Crippen molar-refractivity contribution in [1.29, 1.82) is 0 Å². The van der Waals surface area contributed by atoms with Crippen molar-refractivity contribution in [2.24, 2.45) is 17.4 Å². The molecule has 0 aliphatic carbocycles. The molecule has 1 unspecified atom stereocenters. The number of primary amides is 1. The summed E-state index contributed by atoms with van der Waals surface area (Å²) in [6.07, 6.45) is 0.776. The third kappa shape index (κ3) is 3.27. The van der Waals surface area contributed by atoms with Crippen LogP contribution in [0.1, 0.15) is 17.5 Å². The van der Waals surface area contributed by atoms with E-state index >= 15 is 0 Å². The molecule has 0 saturated carbocycles. The van der Waals surface area contributed by atoms with Gasteiger partial charge in [-0.3, -0.25) is 9.69 Å². The molecule has 0 radical (unpaired) electrons. The minimum Gasteiger partial charge on any atom is -0.389 e. The Balaban J connectivity index is 2.06. The average Bonchev–Trinajstić information content (AvgIpc) is 2.80. The first kappa shape index (κ1) is 13.9. The van der Waals surface area contributed by atoms with Crippen LogP contribution in [0.15, 0.2) is 18.2 Å². The summed E-state index contributed by atoms with van der Waals surface area (Å²) in [5.41, 5.74) is 11.9. The Morgan fingerprint density at radius 2 is 2.21 bits per heavy atom. The average molecular weight is 281 g/mol. The molecule has 1 amide bonds. The van der Waals surface area contributed by atoms with Crippen molar-refractivity contribution < 1.29 is 9.18 Å². The Kier molecular flexibility index (Phi) is 4.11. The second-order valence-electron chi connectivity index (χ2n) is 4.80. The molecule has 0 spiro atoms. The molecule has 1 aromatic rings. The molecule has 1 aliphatic rings. The van der Waals surface area contributed by atoms with E-state index in [2.05, 4.69) is 4.90 Å². The highest BCUT2D eigenvalue weighted by Crippen LogP contribution is 2.19. The Labute approximate surface area is 116 Å². The van der Waals surface area contributed by atoms with Gasteiger partial charge in [0, 0.05) is 18.7 Å². The predicted molar refractivity (Wildman–Crippen MR) is 74.9 cm³/mol. The van der Waals surface area contributed by atoms with Crippen molar-refractivity contribution in [3.05, 3.63) is 35.1 Å². The first-order valence-electron chi connectivity index (χ1n) is 6.07. The Morgan fingerprint density at radius 3 is 2.79 bits per heavy atom. The van der Waals surface area contributed by atoms with Gasteiger partial charge in [0.1, 0.15) is 10.8 Å². The molecule has 0 bridgehead atoms. The van der Waals surface area contributed by atoms with Crippen LogP contribution in [0.4, 0.5) is 4.39 Å². The van der Waals surface area contributed by atoms with Crippen LogP contribution in [0.3, 0.4) is 0 Å². The van der Waals surface area contributed by atoms with E-state index in [1.54, 1.807) is 12.1 Å². The van der Waals surface area contributed by atoms with Gasteiger partial charge in [0.05, 0.1) is 5.92 Å². The van der Waals surface area contributed by atoms with E-state index < -0.39 is 5.82 Å². The Bertz CT molecular complexity index is 521. The molecule has 6 heteroatoms. The quantitative estimate of drug-likeness (QED) is 0.800. The lowest BCUT2D eigenvalue weighted by atomic mass is 10.1. The molecular weight excluding hydrogens is 265 g/mol. The maximum atomic E-state index is 13.5. The second kappa shape index (κ2) is 5.63. The molecule has 2 rings (SSSR count). The number of carbonyl (C=O) groups excluding carboxylic acids is 1. The zero-order valence-corrected chi connectivity index (χ0v) is 11.3. The molecule has 1 saturated heterocycles. The standard InChI is InChI=1S/C13H16FN3OS/c14-11-2-1-8(5-10(11)13(16)19)6-17-4-3-9(7-17)12(15)18/h1-2,5,9H,3-4,6-7H2,(H2,15,18)(H2,16,19). The molecule has 4 nitrogen and oxygen atoms in total. The fraction of sp³-hybridized carbons (Fsp3) is 0.385. The number of rotatable bonds is 4. The van der Waals surface area contributed by atoms with Crippen LogP contribution in [0.5, 0.6) is 0 Å². The van der Waals surface area contributed by atoms with Crippen LogP contribution < -0.4 is 11.5 Å². The van der Waals surface area contributed by atoms with Gasteiger partial charge in [-0.25, -0.2) is 4.39 Å². The smallest absolute Gasteiger partial charge is 0.221 e. The summed E-state index contributed by atoms with van der Waals surface area (Å²) in [4.78, 5) is 13.3. The Hall–Kier alpha value is -1.53. The molecular formula is C13H16FN3OS. The van der Waals surface area contributed by atoms with Crippen LogP contribution in [-0.4, -0.2) is 28.9 Å². The number of benzene rings is 1. The van der Waals surface area contributed by atoms with Gasteiger partial charge in [-0.1, -0.05) is 18.3 Å². The van der Waals surface area contributed by atoms with Gasteiger partial charge in [0.25, 0.3) is 0 Å². The number of halogens is 1. The topological polar surface area (TPSA) is 72.4 Å². The van der Waals surface area contributed by atoms with E-state index in [-0.39, 0.29) is 22.4 Å². The predicted octanol–water partition coefficient (Wildman–Crippen LogP) is 0.767. The van der Waals surface area contributed by atoms with Gasteiger partial charge in [0.2, 0.25) is 5.91 Å². The minimum absolute atomic E-state index is 0.0517. The van der Waals surface area contributed by atoms with E-state index in [1.165, 1.54) is 6.07 Å². The number of hydrogen-bond acceptors (Lipinski definition) is 3. The normalized spacial score (nSPS) is 19.5. The highest BCUT2D eigenvalue weighted by Gasteiger charge is 2.26. The number of likely N-dealkylation sites (tertiary alicyclic amines) is 1. The highest BCUT2D eigenvalue weighted by molar-refractivity contribution is 7.80. The van der Waals surface area contributed by atoms with Crippen LogP contribution in [-0.2, 0) is 11.3 Å². The van der Waals surface area contributed by atoms with Crippen molar-refractivity contribution in [2.75, 3.05) is 13.1 Å². The lowest BCUT2D eigenvalue weighted by molar-refractivity contribution is -0.121. The molecule has 102 valence electrons. The lowest BCUT2D eigenvalue weighted by Gasteiger charge is -2.16. The molecule has 1 atom stereocenters. The van der Waals surface area contributed by atoms with E-state index in [0.717, 1.165) is 18.5 Å². The van der Waals surface area contributed by atoms with E-state index in [9.17, 15) is 9.18 Å². The number of nitrogens with two attached hydrogens (primary N) is 2. The van der Waals surface area contributed by atoms with Crippen molar-refractivity contribution in [3.63, 3.8) is 0 Å². The van der Waals surface area contributed by atoms with Crippen LogP contribution >= 0.6 is 12.2 Å². The van der Waals surface area contributed by atoms with Crippen molar-refractivity contribution in [3.8, 4) is 0 Å². The molecule has 19 heavy (non-hydrogen) atoms. The molecule has 1 heterocycles. The monoisotopic (exact) mass is 281 g/mol. The zero-order valence-electron chi connectivity index (χ0n) is 10.4. The number of nitrogens with zero attached hydrogens (tertiary/aromatic N) is 1. The third-order valence-corrected chi connectivity index (χ3v) is 3.60. The van der Waals surface area contributed by atoms with Gasteiger partial charge in [-0.2, -0.15) is 0 Å². The number of amides is 1. The van der Waals surface area contributed by atoms with Crippen molar-refractivity contribution in [2.45, 2.75) is 13.0 Å². The second-order valence-corrected chi connectivity index (χ2v) is 5.24. The summed E-state index contributed by atoms with van der Waals surface area (Å²) in [5.74, 6) is -0.756. The molecule has 1 aliphatic heterocycles. The fourth-order valence-electron chi connectivity index (χ4n) is 2.33. The number of thiocarbonyl (C=S) groups is 1. The molecule has 4 N–H and O–H groups in total. The molecule has 1 aromatic carbocycles. The fourth-order valence-corrected chi connectivity index (χ4v) is 2.48. The maximum Gasteiger partial charge on any atom is 0.221 e. The highest BCUT2D eigenvalue weighted by atomic mass is 32.1. The number of hydrogen-bond donors (Lipinski definition) is 2. The molecule has 1 fully saturated rings. The molecule has 0 aromatic heterocycles. The summed E-state index contributed by atoms with van der Waals surface area (Å²) >= 11 is 4.81. The van der Waals surface area contributed by atoms with Crippen LogP contribution in [0.2, 0.25) is 0 Å². The van der Waals surface area contributed by atoms with Crippen LogP contribution in [0, 0.1) is 11.7 Å². The largest absolute Gasteiger partial charge is 0.389 e. The lowest BCUT2D eigenvalue weighted by Crippen LogP contribution is -2.27. The maximum absolute atomic E-state index is 13.5. The van der Waals surface area contributed by atoms with Gasteiger partial charge >= 0.3 is 0 Å². The summed E-state index contributed by atoms with van der Waals surface area (Å²) in [7, 11) is 0. The van der Waals surface area contributed by atoms with E-state index in [4.69, 9.17) is 23.7 Å². The van der Waals surface area contributed by atoms with Gasteiger partial charge in [0.15, 0.2) is 0 Å². The SMILES string of the molecule is NC(=O)C1CCN(Cc2ccc(F)c(C(N)=S)c2)C1. The van der Waals surface area contributed by atoms with Crippen molar-refractivity contribution in [1.82, 2.24) is 4.90 Å². The number of carbonyl (C=O) groups is 1. The summed E-state index contributed by atoms with van der Waals surface area (Å²) in [6, 6.07) is 4.73. The van der Waals surface area contributed by atoms with E-state index in [1.807, 2.05) is 0 Å². The third-order valence-electron chi connectivity index (χ3n) is 3.38. The first-order valence-corrected chi connectivity index (χ1v) is 6.48. The van der Waals surface area contributed by atoms with E-state index in [0.29, 0.717) is 13.1 Å². The van der Waals surface area contributed by atoms with Gasteiger partial charge < -0.3 is 11.5 Å². The summed E-state index contributed by atoms with van der Waals surface area (Å²) in [5, 5.41) is 0. The zero-order chi connectivity index (χ0) is 14.0. The first-order chi connectivity index (χ1) is 8.97. The Morgan fingerprint density at radius 1 is 1.47 bits per heavy atom. The van der Waals surface area contributed by atoms with Gasteiger partial charge in [-0.05, 0) is 30.7 Å². The van der Waals surface area contributed by atoms with Crippen molar-refractivity contribution >= 4 is 23.1 Å². The van der Waals surface area contributed by atoms with Gasteiger partial charge in [-0.15, -0.1) is 0 Å². The van der Waals surface area contributed by atoms with Crippen LogP contribution in [0.25, 0.3) is 0 Å². The summed E-state index contributed by atoms with van der Waals surface area (Å²) in [6.45, 7) is 2.10.